The van der Waals surface area contributed by atoms with E-state index in [2.05, 4.69) is 0 Å². The van der Waals surface area contributed by atoms with Crippen molar-refractivity contribution in [2.75, 3.05) is 0 Å². The van der Waals surface area contributed by atoms with Gasteiger partial charge in [0.15, 0.2) is 0 Å². The van der Waals surface area contributed by atoms with Gasteiger partial charge in [-0.15, -0.1) is 0 Å². The molecule has 0 aromatic carbocycles. The normalized spacial score (nSPS) is 2.00. The minimum atomic E-state index is -2.00. The average molecular weight is 166 g/mol. The van der Waals surface area contributed by atoms with Gasteiger partial charge in [-0.25, -0.2) is 0 Å². The van der Waals surface area contributed by atoms with Crippen LogP contribution in [0.4, 0.5) is 0 Å². The Bertz CT molecular complexity index is 30.6. The van der Waals surface area contributed by atoms with Crippen LogP contribution in [0.5, 0.6) is 0 Å². The van der Waals surface area contributed by atoms with Gasteiger partial charge in [0, 0.05) is 0 Å². The van der Waals surface area contributed by atoms with Crippen LogP contribution in [-0.4, -0.2) is 0 Å². The summed E-state index contributed by atoms with van der Waals surface area (Å²) in [4.78, 5) is 0. The monoisotopic (exact) mass is 166 g/mol. The average Bonchev–Trinajstić information content (AvgIpc) is 0.918. The molecule has 0 fully saturated rings. The molecule has 0 amide bonds. The molecule has 0 rings (SSSR count). The zero-order valence-corrected chi connectivity index (χ0v) is 8.79. The van der Waals surface area contributed by atoms with E-state index in [0.29, 0.717) is 0 Å². The Morgan fingerprint density at radius 3 is 1.50 bits per heavy atom. The van der Waals surface area contributed by atoms with E-state index in [0.717, 1.165) is 0 Å². The smallest absolute Gasteiger partial charge is 1.00 e. The van der Waals surface area contributed by atoms with Gasteiger partial charge in [0.1, 0.15) is 0 Å². The van der Waals surface area contributed by atoms with Crippen LogP contribution < -0.4 is 58.2 Å². The summed E-state index contributed by atoms with van der Waals surface area (Å²) < 4.78 is 17.0. The second-order valence-corrected chi connectivity index (χ2v) is 0.344. The third-order valence-corrected chi connectivity index (χ3v) is 0. The zero-order chi connectivity index (χ0) is 2.71. The van der Waals surface area contributed by atoms with Crippen molar-refractivity contribution in [3.8, 4) is 0 Å². The second kappa shape index (κ2) is 8.93. The summed E-state index contributed by atoms with van der Waals surface area (Å²) in [6.07, 6.45) is 0. The Hall–Kier alpha value is 2.12. The van der Waals surface area contributed by atoms with Gasteiger partial charge in [-0.2, -0.15) is 0 Å². The fraction of sp³-hybridized carbons (Fsp3) is 0. The first-order valence-corrected chi connectivity index (χ1v) is 1.68. The predicted molar refractivity (Wildman–Crippen MR) is 2.49 cm³/mol. The zero-order valence-electron chi connectivity index (χ0n) is 3.32. The molecule has 0 atom stereocenters. The molecular weight excluding hydrogens is 165 g/mol. The molecule has 0 heterocycles. The maximum atomic E-state index is 8.50. The first-order chi connectivity index (χ1) is 1.41. The van der Waals surface area contributed by atoms with E-state index < -0.39 is 19.1 Å². The molecule has 2 nitrogen and oxygen atoms in total. The van der Waals surface area contributed by atoms with Crippen LogP contribution >= 0.6 is 0 Å². The van der Waals surface area contributed by atoms with Crippen molar-refractivity contribution in [2.24, 2.45) is 0 Å². The van der Waals surface area contributed by atoms with E-state index in [4.69, 9.17) is 6.65 Å². The maximum Gasteiger partial charge on any atom is 1.00 e. The van der Waals surface area contributed by atoms with E-state index in [9.17, 15) is 0 Å². The number of hydrogen-bond donors (Lipinski definition) is 0. The van der Waals surface area contributed by atoms with Crippen molar-refractivity contribution in [3.05, 3.63) is 0 Å². The standard InChI is InChI=1S/2O.Rb.Ti.H/q;;+1;;-1. The molecule has 0 radical (unpaired) electrons. The minimum absolute atomic E-state index is 0. The predicted octanol–water partition coefficient (Wildman–Crippen LogP) is -3.12. The molecule has 0 aliphatic rings. The van der Waals surface area contributed by atoms with Crippen molar-refractivity contribution >= 4 is 0 Å². The first-order valence-electron chi connectivity index (χ1n) is 0.408. The first kappa shape index (κ1) is 9.45. The largest absolute Gasteiger partial charge is 1.00 e. The molecule has 0 aliphatic heterocycles. The molecular formula is HO2RbTi. The Morgan fingerprint density at radius 2 is 1.50 bits per heavy atom. The molecule has 0 saturated heterocycles. The summed E-state index contributed by atoms with van der Waals surface area (Å²) in [6, 6.07) is 0. The second-order valence-electron chi connectivity index (χ2n) is 0.0833. The number of rotatable bonds is 0. The van der Waals surface area contributed by atoms with Crippen LogP contribution in [0.15, 0.2) is 0 Å². The Kier molecular flexibility index (Phi) is 21.1. The fourth-order valence-corrected chi connectivity index (χ4v) is 0. The van der Waals surface area contributed by atoms with Gasteiger partial charge >= 0.3 is 83.9 Å². The van der Waals surface area contributed by atoms with Gasteiger partial charge in [-0.1, -0.05) is 0 Å². The summed E-state index contributed by atoms with van der Waals surface area (Å²) in [5.41, 5.74) is 0. The van der Waals surface area contributed by atoms with Crippen LogP contribution in [-0.2, 0) is 25.7 Å². The molecule has 0 N–H and O–H groups in total. The molecule has 0 aromatic heterocycles. The van der Waals surface area contributed by atoms with Crippen LogP contribution in [0, 0.1) is 0 Å². The summed E-state index contributed by atoms with van der Waals surface area (Å²) >= 11 is -2.00. The van der Waals surface area contributed by atoms with Crippen molar-refractivity contribution in [2.45, 2.75) is 0 Å². The molecule has 0 spiro atoms. The Labute approximate surface area is 83.2 Å². The fourth-order valence-electron chi connectivity index (χ4n) is 0. The van der Waals surface area contributed by atoms with Crippen LogP contribution in [0.1, 0.15) is 1.43 Å². The van der Waals surface area contributed by atoms with E-state index in [1.165, 1.54) is 0 Å². The summed E-state index contributed by atoms with van der Waals surface area (Å²) in [5, 5.41) is 0. The molecule has 4 heteroatoms. The SMILES string of the molecule is [H-].[O]=[Ti]=[O].[Rb+]. The van der Waals surface area contributed by atoms with Gasteiger partial charge in [0.2, 0.25) is 0 Å². The molecule has 0 bridgehead atoms. The number of hydrogen-bond acceptors (Lipinski definition) is 2. The quantitative estimate of drug-likeness (QED) is 0.357. The third kappa shape index (κ3) is 8.92. The van der Waals surface area contributed by atoms with Gasteiger partial charge in [-0.05, 0) is 0 Å². The molecule has 0 unspecified atom stereocenters. The Morgan fingerprint density at radius 1 is 1.50 bits per heavy atom. The van der Waals surface area contributed by atoms with Crippen molar-refractivity contribution in [1.29, 1.82) is 0 Å². The summed E-state index contributed by atoms with van der Waals surface area (Å²) in [5.74, 6) is 0. The molecule has 0 aromatic rings. The molecule has 0 saturated carbocycles. The summed E-state index contributed by atoms with van der Waals surface area (Å²) in [6.45, 7) is 0. The maximum absolute atomic E-state index is 8.50. The third-order valence-electron chi connectivity index (χ3n) is 0. The minimum Gasteiger partial charge on any atom is 1.00 e. The van der Waals surface area contributed by atoms with E-state index in [1.54, 1.807) is 0 Å². The molecule has 18 valence electrons. The molecule has 0 aliphatic carbocycles. The van der Waals surface area contributed by atoms with E-state index >= 15 is 0 Å². The van der Waals surface area contributed by atoms with E-state index in [-0.39, 0.29) is 59.6 Å². The van der Waals surface area contributed by atoms with Crippen LogP contribution in [0.25, 0.3) is 0 Å². The van der Waals surface area contributed by atoms with Gasteiger partial charge < -0.3 is 1.43 Å². The van der Waals surface area contributed by atoms with Crippen LogP contribution in [0.3, 0.4) is 0 Å². The van der Waals surface area contributed by atoms with Crippen molar-refractivity contribution in [1.82, 2.24) is 0 Å². The van der Waals surface area contributed by atoms with Gasteiger partial charge in [0.25, 0.3) is 0 Å². The van der Waals surface area contributed by atoms with E-state index in [1.807, 2.05) is 0 Å². The van der Waals surface area contributed by atoms with Crippen molar-refractivity contribution < 1.29 is 85.4 Å². The van der Waals surface area contributed by atoms with Crippen molar-refractivity contribution in [3.63, 3.8) is 0 Å². The summed E-state index contributed by atoms with van der Waals surface area (Å²) in [7, 11) is 0. The Balaban J connectivity index is -0.0000000200. The van der Waals surface area contributed by atoms with Gasteiger partial charge in [-0.3, -0.25) is 0 Å². The molecule has 4 heavy (non-hydrogen) atoms. The van der Waals surface area contributed by atoms with Gasteiger partial charge in [0.05, 0.1) is 0 Å². The van der Waals surface area contributed by atoms with Crippen LogP contribution in [0.2, 0.25) is 0 Å². The topological polar surface area (TPSA) is 34.1 Å².